The Morgan fingerprint density at radius 2 is 1.91 bits per heavy atom. The topological polar surface area (TPSA) is 109 Å². The number of aromatic nitrogens is 2. The summed E-state index contributed by atoms with van der Waals surface area (Å²) in [5.74, 6) is 1.47. The van der Waals surface area contributed by atoms with Gasteiger partial charge in [0.1, 0.15) is 11.5 Å². The zero-order valence-corrected chi connectivity index (χ0v) is 19.6. The summed E-state index contributed by atoms with van der Waals surface area (Å²) in [6, 6.07) is 12.0. The third-order valence-electron chi connectivity index (χ3n) is 4.98. The van der Waals surface area contributed by atoms with Crippen LogP contribution in [0.3, 0.4) is 0 Å². The van der Waals surface area contributed by atoms with Gasteiger partial charge in [-0.1, -0.05) is 17.7 Å². The fourth-order valence-electron chi connectivity index (χ4n) is 3.18. The number of carbonyl (C=O) groups excluding carboxylic acids is 2. The molecule has 2 aromatic carbocycles. The number of nitrogens with one attached hydrogen (secondary N) is 2. The van der Waals surface area contributed by atoms with E-state index in [-0.39, 0.29) is 25.2 Å². The highest BCUT2D eigenvalue weighted by Gasteiger charge is 2.21. The summed E-state index contributed by atoms with van der Waals surface area (Å²) in [5, 5.41) is 6.70. The highest BCUT2D eigenvalue weighted by atomic mass is 35.5. The molecular weight excluding hydrogens is 460 g/mol. The second-order valence-electron chi connectivity index (χ2n) is 7.70. The van der Waals surface area contributed by atoms with Crippen LogP contribution in [-0.4, -0.2) is 66.1 Å². The maximum absolute atomic E-state index is 12.7. The molecule has 4 rings (SSSR count). The molecule has 0 saturated heterocycles. The minimum atomic E-state index is -0.273. The number of ether oxygens (including phenoxy) is 2. The van der Waals surface area contributed by atoms with Crippen LogP contribution < -0.4 is 20.1 Å². The summed E-state index contributed by atoms with van der Waals surface area (Å²) in [6.07, 6.45) is 1.59. The van der Waals surface area contributed by atoms with E-state index in [0.29, 0.717) is 45.2 Å². The van der Waals surface area contributed by atoms with Crippen molar-refractivity contribution < 1.29 is 19.1 Å². The SMILES string of the molecule is CN(C)C(=O)CN(C)C(=O)c1cccc(Nc2nccc(Nc3c(Cl)ccc4c3OCO4)n2)c1. The van der Waals surface area contributed by atoms with Gasteiger partial charge in [0.25, 0.3) is 5.91 Å². The second kappa shape index (κ2) is 9.84. The lowest BCUT2D eigenvalue weighted by molar-refractivity contribution is -0.129. The van der Waals surface area contributed by atoms with Gasteiger partial charge in [-0.05, 0) is 36.4 Å². The molecule has 176 valence electrons. The smallest absolute Gasteiger partial charge is 0.254 e. The molecule has 3 aromatic rings. The number of carbonyl (C=O) groups is 2. The highest BCUT2D eigenvalue weighted by Crippen LogP contribution is 2.44. The molecule has 0 radical (unpaired) electrons. The van der Waals surface area contributed by atoms with E-state index in [1.807, 2.05) is 0 Å². The molecule has 0 fully saturated rings. The third kappa shape index (κ3) is 5.12. The molecule has 0 spiro atoms. The standard InChI is InChI=1S/C23H23ClN6O4/c1-29(2)19(31)12-30(3)22(32)14-5-4-6-15(11-14)26-23-25-10-9-18(28-23)27-20-16(24)7-8-17-21(20)34-13-33-17/h4-11H,12-13H2,1-3H3,(H2,25,26,27,28). The molecule has 2 N–H and O–H groups in total. The number of rotatable bonds is 7. The van der Waals surface area contributed by atoms with Gasteiger partial charge in [-0.15, -0.1) is 0 Å². The number of halogens is 1. The van der Waals surface area contributed by atoms with Crippen LogP contribution in [0.25, 0.3) is 0 Å². The lowest BCUT2D eigenvalue weighted by Crippen LogP contribution is -2.37. The summed E-state index contributed by atoms with van der Waals surface area (Å²) < 4.78 is 10.9. The van der Waals surface area contributed by atoms with Gasteiger partial charge in [0.05, 0.1) is 11.6 Å². The van der Waals surface area contributed by atoms with Crippen molar-refractivity contribution in [2.45, 2.75) is 0 Å². The van der Waals surface area contributed by atoms with Crippen molar-refractivity contribution in [2.75, 3.05) is 45.1 Å². The Balaban J connectivity index is 1.48. The van der Waals surface area contributed by atoms with Gasteiger partial charge >= 0.3 is 0 Å². The minimum absolute atomic E-state index is 0.0131. The summed E-state index contributed by atoms with van der Waals surface area (Å²) in [6.45, 7) is 0.106. The Bertz CT molecular complexity index is 1240. The van der Waals surface area contributed by atoms with Crippen molar-refractivity contribution >= 4 is 46.6 Å². The maximum Gasteiger partial charge on any atom is 0.254 e. The summed E-state index contributed by atoms with van der Waals surface area (Å²) >= 11 is 6.33. The van der Waals surface area contributed by atoms with Gasteiger partial charge < -0.3 is 29.9 Å². The molecule has 0 bridgehead atoms. The van der Waals surface area contributed by atoms with E-state index in [1.54, 1.807) is 69.8 Å². The lowest BCUT2D eigenvalue weighted by Gasteiger charge is -2.19. The molecule has 34 heavy (non-hydrogen) atoms. The molecule has 2 amide bonds. The summed E-state index contributed by atoms with van der Waals surface area (Å²) in [7, 11) is 4.88. The molecule has 11 heteroatoms. The molecule has 1 aliphatic rings. The number of amides is 2. The van der Waals surface area contributed by atoms with Crippen LogP contribution in [-0.2, 0) is 4.79 Å². The molecule has 1 aromatic heterocycles. The first-order chi connectivity index (χ1) is 16.3. The average Bonchev–Trinajstić information content (AvgIpc) is 3.30. The Kier molecular flexibility index (Phi) is 6.69. The maximum atomic E-state index is 12.7. The van der Waals surface area contributed by atoms with E-state index in [4.69, 9.17) is 21.1 Å². The molecule has 0 unspecified atom stereocenters. The molecule has 0 aliphatic carbocycles. The van der Waals surface area contributed by atoms with E-state index in [1.165, 1.54) is 9.80 Å². The van der Waals surface area contributed by atoms with Gasteiger partial charge in [0.2, 0.25) is 18.6 Å². The Morgan fingerprint density at radius 3 is 2.71 bits per heavy atom. The molecular formula is C23H23ClN6O4. The molecule has 0 saturated carbocycles. The van der Waals surface area contributed by atoms with E-state index >= 15 is 0 Å². The first-order valence-corrected chi connectivity index (χ1v) is 10.7. The van der Waals surface area contributed by atoms with Crippen LogP contribution in [0, 0.1) is 0 Å². The average molecular weight is 483 g/mol. The quantitative estimate of drug-likeness (QED) is 0.526. The molecule has 0 atom stereocenters. The highest BCUT2D eigenvalue weighted by molar-refractivity contribution is 6.33. The van der Waals surface area contributed by atoms with Crippen molar-refractivity contribution in [2.24, 2.45) is 0 Å². The van der Waals surface area contributed by atoms with Gasteiger partial charge in [-0.25, -0.2) is 4.98 Å². The van der Waals surface area contributed by atoms with E-state index in [0.717, 1.165) is 0 Å². The van der Waals surface area contributed by atoms with Crippen LogP contribution in [0.2, 0.25) is 5.02 Å². The Labute approximate surface area is 201 Å². The molecule has 10 nitrogen and oxygen atoms in total. The lowest BCUT2D eigenvalue weighted by atomic mass is 10.1. The van der Waals surface area contributed by atoms with Gasteiger partial charge in [0, 0.05) is 38.6 Å². The zero-order valence-electron chi connectivity index (χ0n) is 18.8. The second-order valence-corrected chi connectivity index (χ2v) is 8.11. The normalized spacial score (nSPS) is 11.6. The number of benzene rings is 2. The number of anilines is 4. The van der Waals surface area contributed by atoms with Gasteiger partial charge in [-0.3, -0.25) is 9.59 Å². The van der Waals surface area contributed by atoms with Crippen LogP contribution in [0.4, 0.5) is 23.1 Å². The molecule has 2 heterocycles. The summed E-state index contributed by atoms with van der Waals surface area (Å²) in [4.78, 5) is 36.2. The number of hydrogen-bond acceptors (Lipinski definition) is 8. The van der Waals surface area contributed by atoms with Crippen molar-refractivity contribution in [3.05, 3.63) is 59.2 Å². The third-order valence-corrected chi connectivity index (χ3v) is 5.30. The van der Waals surface area contributed by atoms with Crippen molar-refractivity contribution in [1.29, 1.82) is 0 Å². The van der Waals surface area contributed by atoms with Gasteiger partial charge in [0.15, 0.2) is 11.5 Å². The minimum Gasteiger partial charge on any atom is -0.454 e. The Morgan fingerprint density at radius 1 is 1.09 bits per heavy atom. The van der Waals surface area contributed by atoms with Crippen molar-refractivity contribution in [3.63, 3.8) is 0 Å². The van der Waals surface area contributed by atoms with E-state index < -0.39 is 0 Å². The van der Waals surface area contributed by atoms with Crippen LogP contribution in [0.1, 0.15) is 10.4 Å². The van der Waals surface area contributed by atoms with Crippen molar-refractivity contribution in [3.8, 4) is 11.5 Å². The van der Waals surface area contributed by atoms with Gasteiger partial charge in [-0.2, -0.15) is 4.98 Å². The van der Waals surface area contributed by atoms with E-state index in [2.05, 4.69) is 20.6 Å². The fourth-order valence-corrected chi connectivity index (χ4v) is 3.37. The van der Waals surface area contributed by atoms with Crippen molar-refractivity contribution in [1.82, 2.24) is 19.8 Å². The predicted octanol–water partition coefficient (Wildman–Crippen LogP) is 3.51. The first kappa shape index (κ1) is 23.1. The number of fused-ring (bicyclic) bond motifs is 1. The zero-order chi connectivity index (χ0) is 24.2. The summed E-state index contributed by atoms with van der Waals surface area (Å²) in [5.41, 5.74) is 1.59. The fraction of sp³-hybridized carbons (Fsp3) is 0.217. The monoisotopic (exact) mass is 482 g/mol. The van der Waals surface area contributed by atoms with Crippen LogP contribution in [0.5, 0.6) is 11.5 Å². The van der Waals surface area contributed by atoms with Crippen LogP contribution in [0.15, 0.2) is 48.7 Å². The number of hydrogen-bond donors (Lipinski definition) is 2. The molecule has 1 aliphatic heterocycles. The number of nitrogens with zero attached hydrogens (tertiary/aromatic N) is 4. The first-order valence-electron chi connectivity index (χ1n) is 10.3. The number of likely N-dealkylation sites (N-methyl/N-ethyl adjacent to an activating group) is 2. The largest absolute Gasteiger partial charge is 0.454 e. The predicted molar refractivity (Wildman–Crippen MR) is 128 cm³/mol. The van der Waals surface area contributed by atoms with E-state index in [9.17, 15) is 9.59 Å². The Hall–Kier alpha value is -4.05. The van der Waals surface area contributed by atoms with Crippen LogP contribution >= 0.6 is 11.6 Å².